The molecule has 0 aliphatic carbocycles. The zero-order chi connectivity index (χ0) is 9.56. The van der Waals surface area contributed by atoms with Crippen LogP contribution in [0.5, 0.6) is 0 Å². The van der Waals surface area contributed by atoms with Gasteiger partial charge in [-0.05, 0) is 13.8 Å². The number of aryl methyl sites for hydroxylation is 1. The third kappa shape index (κ3) is 3.96. The van der Waals surface area contributed by atoms with Gasteiger partial charge in [0.1, 0.15) is 5.76 Å². The maximum atomic E-state index is 4.96. The Morgan fingerprint density at radius 2 is 2.17 bits per heavy atom. The van der Waals surface area contributed by atoms with E-state index >= 15 is 0 Å². The van der Waals surface area contributed by atoms with E-state index in [0.29, 0.717) is 0 Å². The molecule has 0 N–H and O–H groups in total. The molecule has 0 fully saturated rings. The second-order valence-electron chi connectivity index (χ2n) is 2.57. The molecule has 0 radical (unpaired) electrons. The number of aromatic nitrogens is 1. The smallest absolute Gasteiger partial charge is 0.140 e. The minimum atomic E-state index is 0.792. The topological polar surface area (TPSA) is 26.0 Å². The molecule has 1 aromatic rings. The van der Waals surface area contributed by atoms with Crippen molar-refractivity contribution in [1.29, 1.82) is 0 Å². The Balaban J connectivity index is 0.000000561. The fraction of sp³-hybridized carbons (Fsp3) is 0.500. The maximum absolute atomic E-state index is 4.96. The van der Waals surface area contributed by atoms with Crippen molar-refractivity contribution < 1.29 is 4.52 Å². The summed E-state index contributed by atoms with van der Waals surface area (Å²) in [6.07, 6.45) is 0.792. The summed E-state index contributed by atoms with van der Waals surface area (Å²) in [6.45, 7) is 11.7. The number of hydrogen-bond acceptors (Lipinski definition) is 2. The van der Waals surface area contributed by atoms with Crippen LogP contribution in [-0.2, 0) is 6.42 Å². The number of rotatable bonds is 2. The molecule has 0 amide bonds. The SMILES string of the molecule is C=C(C)Cc1cc(C)no1.CC. The summed E-state index contributed by atoms with van der Waals surface area (Å²) in [5.74, 6) is 0.894. The van der Waals surface area contributed by atoms with E-state index in [4.69, 9.17) is 4.52 Å². The molecule has 2 nitrogen and oxygen atoms in total. The van der Waals surface area contributed by atoms with E-state index in [9.17, 15) is 0 Å². The van der Waals surface area contributed by atoms with Gasteiger partial charge in [0.05, 0.1) is 5.69 Å². The van der Waals surface area contributed by atoms with Crippen LogP contribution in [0.3, 0.4) is 0 Å². The van der Waals surface area contributed by atoms with E-state index in [2.05, 4.69) is 11.7 Å². The second-order valence-corrected chi connectivity index (χ2v) is 2.57. The first-order valence-electron chi connectivity index (χ1n) is 4.25. The molecule has 0 aromatic carbocycles. The molecule has 2 heteroatoms. The van der Waals surface area contributed by atoms with Gasteiger partial charge in [-0.1, -0.05) is 31.2 Å². The summed E-state index contributed by atoms with van der Waals surface area (Å²) in [5.41, 5.74) is 2.02. The quantitative estimate of drug-likeness (QED) is 0.632. The van der Waals surface area contributed by atoms with Gasteiger partial charge >= 0.3 is 0 Å². The molecule has 0 aliphatic heterocycles. The Labute approximate surface area is 74.3 Å². The maximum Gasteiger partial charge on any atom is 0.140 e. The van der Waals surface area contributed by atoms with E-state index in [-0.39, 0.29) is 0 Å². The van der Waals surface area contributed by atoms with Gasteiger partial charge in [0, 0.05) is 12.5 Å². The predicted molar refractivity (Wildman–Crippen MR) is 51.1 cm³/mol. The van der Waals surface area contributed by atoms with Crippen LogP contribution in [0.15, 0.2) is 22.7 Å². The molecule has 0 unspecified atom stereocenters. The van der Waals surface area contributed by atoms with Crippen LogP contribution in [0.25, 0.3) is 0 Å². The zero-order valence-corrected chi connectivity index (χ0v) is 8.35. The lowest BCUT2D eigenvalue weighted by atomic mass is 10.2. The summed E-state index contributed by atoms with van der Waals surface area (Å²) in [7, 11) is 0. The Morgan fingerprint density at radius 1 is 1.58 bits per heavy atom. The highest BCUT2D eigenvalue weighted by Gasteiger charge is 1.98. The standard InChI is InChI=1S/C8H11NO.C2H6/c1-6(2)4-8-5-7(3)9-10-8;1-2/h5H,1,4H2,2-3H3;1-2H3. The second kappa shape index (κ2) is 5.58. The number of nitrogens with zero attached hydrogens (tertiary/aromatic N) is 1. The molecule has 0 saturated heterocycles. The minimum Gasteiger partial charge on any atom is -0.361 e. The molecule has 1 aromatic heterocycles. The fourth-order valence-electron chi connectivity index (χ4n) is 0.797. The van der Waals surface area contributed by atoms with E-state index in [0.717, 1.165) is 23.4 Å². The van der Waals surface area contributed by atoms with Gasteiger partial charge in [0.15, 0.2) is 0 Å². The van der Waals surface area contributed by atoms with Crippen molar-refractivity contribution in [3.8, 4) is 0 Å². The lowest BCUT2D eigenvalue weighted by Gasteiger charge is -1.89. The largest absolute Gasteiger partial charge is 0.361 e. The molecule has 1 heterocycles. The summed E-state index contributed by atoms with van der Waals surface area (Å²) < 4.78 is 4.96. The normalized spacial score (nSPS) is 8.67. The molecule has 0 spiro atoms. The average molecular weight is 167 g/mol. The monoisotopic (exact) mass is 167 g/mol. The molecule has 0 bridgehead atoms. The third-order valence-electron chi connectivity index (χ3n) is 1.15. The minimum absolute atomic E-state index is 0.792. The van der Waals surface area contributed by atoms with Gasteiger partial charge < -0.3 is 4.52 Å². The lowest BCUT2D eigenvalue weighted by Crippen LogP contribution is -1.79. The average Bonchev–Trinajstić information content (AvgIpc) is 2.39. The van der Waals surface area contributed by atoms with Crippen molar-refractivity contribution in [2.24, 2.45) is 0 Å². The first kappa shape index (κ1) is 11.0. The van der Waals surface area contributed by atoms with Crippen molar-refractivity contribution in [2.75, 3.05) is 0 Å². The first-order chi connectivity index (χ1) is 5.68. The molecule has 12 heavy (non-hydrogen) atoms. The van der Waals surface area contributed by atoms with Crippen LogP contribution in [-0.4, -0.2) is 5.16 Å². The van der Waals surface area contributed by atoms with E-state index < -0.39 is 0 Å². The van der Waals surface area contributed by atoms with Crippen molar-refractivity contribution in [2.45, 2.75) is 34.1 Å². The molecule has 0 atom stereocenters. The summed E-state index contributed by atoms with van der Waals surface area (Å²) in [6, 6.07) is 1.93. The van der Waals surface area contributed by atoms with E-state index in [1.165, 1.54) is 0 Å². The van der Waals surface area contributed by atoms with E-state index in [1.54, 1.807) is 0 Å². The first-order valence-corrected chi connectivity index (χ1v) is 4.25. The summed E-state index contributed by atoms with van der Waals surface area (Å²) >= 11 is 0. The van der Waals surface area contributed by atoms with Crippen LogP contribution in [0, 0.1) is 6.92 Å². The zero-order valence-electron chi connectivity index (χ0n) is 8.35. The van der Waals surface area contributed by atoms with Crippen LogP contribution < -0.4 is 0 Å². The number of allylic oxidation sites excluding steroid dienone is 1. The Morgan fingerprint density at radius 3 is 2.50 bits per heavy atom. The van der Waals surface area contributed by atoms with E-state index in [1.807, 2.05) is 33.8 Å². The fourth-order valence-corrected chi connectivity index (χ4v) is 0.797. The van der Waals surface area contributed by atoms with Crippen molar-refractivity contribution in [3.05, 3.63) is 29.7 Å². The molecule has 0 aliphatic rings. The molecular formula is C10H17NO. The van der Waals surface area contributed by atoms with Crippen molar-refractivity contribution in [1.82, 2.24) is 5.16 Å². The predicted octanol–water partition coefficient (Wildman–Crippen LogP) is 3.13. The molecule has 68 valence electrons. The van der Waals surface area contributed by atoms with Crippen molar-refractivity contribution >= 4 is 0 Å². The van der Waals surface area contributed by atoms with Crippen LogP contribution >= 0.6 is 0 Å². The Hall–Kier alpha value is -1.05. The third-order valence-corrected chi connectivity index (χ3v) is 1.15. The summed E-state index contributed by atoms with van der Waals surface area (Å²) in [4.78, 5) is 0. The van der Waals surface area contributed by atoms with Crippen LogP contribution in [0.4, 0.5) is 0 Å². The van der Waals surface area contributed by atoms with Crippen LogP contribution in [0.1, 0.15) is 32.2 Å². The van der Waals surface area contributed by atoms with Gasteiger partial charge in [-0.2, -0.15) is 0 Å². The molecular weight excluding hydrogens is 150 g/mol. The highest BCUT2D eigenvalue weighted by atomic mass is 16.5. The van der Waals surface area contributed by atoms with Gasteiger partial charge in [-0.25, -0.2) is 0 Å². The Bertz CT molecular complexity index is 238. The number of hydrogen-bond donors (Lipinski definition) is 0. The highest BCUT2D eigenvalue weighted by molar-refractivity contribution is 5.09. The highest BCUT2D eigenvalue weighted by Crippen LogP contribution is 2.06. The van der Waals surface area contributed by atoms with Gasteiger partial charge in [-0.3, -0.25) is 0 Å². The molecule has 1 rings (SSSR count). The lowest BCUT2D eigenvalue weighted by molar-refractivity contribution is 0.385. The van der Waals surface area contributed by atoms with Gasteiger partial charge in [-0.15, -0.1) is 0 Å². The van der Waals surface area contributed by atoms with Gasteiger partial charge in [0.2, 0.25) is 0 Å². The van der Waals surface area contributed by atoms with Crippen LogP contribution in [0.2, 0.25) is 0 Å². The molecule has 0 saturated carbocycles. The summed E-state index contributed by atoms with van der Waals surface area (Å²) in [5, 5.41) is 3.75. The van der Waals surface area contributed by atoms with Gasteiger partial charge in [0.25, 0.3) is 0 Å². The Kier molecular flexibility index (Phi) is 5.09. The van der Waals surface area contributed by atoms with Crippen molar-refractivity contribution in [3.63, 3.8) is 0 Å².